The fraction of sp³-hybridized carbons (Fsp3) is 0.294. The van der Waals surface area contributed by atoms with Crippen LogP contribution in [-0.2, 0) is 6.54 Å². The second-order valence-electron chi connectivity index (χ2n) is 5.29. The maximum Gasteiger partial charge on any atom is 0.270 e. The van der Waals surface area contributed by atoms with Crippen LogP contribution in [0.5, 0.6) is 0 Å². The summed E-state index contributed by atoms with van der Waals surface area (Å²) in [5, 5.41) is 3.55. The maximum absolute atomic E-state index is 12.3. The number of hydrogen-bond acceptors (Lipinski definition) is 5. The molecular weight excluding hydrogens is 322 g/mol. The van der Waals surface area contributed by atoms with Crippen LogP contribution in [0.2, 0.25) is 0 Å². The molecule has 0 atom stereocenters. The van der Waals surface area contributed by atoms with Crippen LogP contribution in [0.25, 0.3) is 11.0 Å². The SMILES string of the molecule is CCSc1nc(C)cc(C(=O)NCCn2cnc3ccccc32)n1. The van der Waals surface area contributed by atoms with Crippen molar-refractivity contribution in [2.45, 2.75) is 25.5 Å². The molecule has 0 aliphatic carbocycles. The van der Waals surface area contributed by atoms with Gasteiger partial charge in [-0.3, -0.25) is 4.79 Å². The number of carbonyl (C=O) groups excluding carboxylic acids is 1. The molecule has 3 aromatic rings. The highest BCUT2D eigenvalue weighted by Gasteiger charge is 2.10. The predicted octanol–water partition coefficient (Wildman–Crippen LogP) is 2.68. The van der Waals surface area contributed by atoms with Gasteiger partial charge in [-0.2, -0.15) is 0 Å². The van der Waals surface area contributed by atoms with Gasteiger partial charge in [0.15, 0.2) is 5.16 Å². The van der Waals surface area contributed by atoms with E-state index in [1.807, 2.05) is 42.7 Å². The molecule has 2 heterocycles. The normalized spacial score (nSPS) is 10.9. The topological polar surface area (TPSA) is 72.7 Å². The Morgan fingerprint density at radius 2 is 2.12 bits per heavy atom. The number of nitrogens with zero attached hydrogens (tertiary/aromatic N) is 4. The van der Waals surface area contributed by atoms with Crippen molar-refractivity contribution in [3.05, 3.63) is 48.0 Å². The van der Waals surface area contributed by atoms with Gasteiger partial charge in [-0.15, -0.1) is 0 Å². The van der Waals surface area contributed by atoms with Crippen molar-refractivity contribution in [3.8, 4) is 0 Å². The summed E-state index contributed by atoms with van der Waals surface area (Å²) in [7, 11) is 0. The number of amides is 1. The number of nitrogens with one attached hydrogen (secondary N) is 1. The standard InChI is InChI=1S/C17H19N5OS/c1-3-24-17-20-12(2)10-14(21-17)16(23)18-8-9-22-11-19-13-6-4-5-7-15(13)22/h4-7,10-11H,3,8-9H2,1-2H3,(H,18,23). The van der Waals surface area contributed by atoms with Crippen LogP contribution >= 0.6 is 11.8 Å². The first kappa shape index (κ1) is 16.4. The third-order valence-electron chi connectivity index (χ3n) is 3.51. The number of carbonyl (C=O) groups is 1. The molecule has 124 valence electrons. The number of fused-ring (bicyclic) bond motifs is 1. The zero-order valence-corrected chi connectivity index (χ0v) is 14.5. The van der Waals surface area contributed by atoms with Gasteiger partial charge in [-0.25, -0.2) is 15.0 Å². The minimum absolute atomic E-state index is 0.178. The first-order valence-electron chi connectivity index (χ1n) is 7.84. The van der Waals surface area contributed by atoms with E-state index < -0.39 is 0 Å². The molecule has 7 heteroatoms. The highest BCUT2D eigenvalue weighted by Crippen LogP contribution is 2.14. The number of hydrogen-bond donors (Lipinski definition) is 1. The molecule has 0 saturated heterocycles. The molecule has 0 fully saturated rings. The number of para-hydroxylation sites is 2. The van der Waals surface area contributed by atoms with Gasteiger partial charge in [0.2, 0.25) is 0 Å². The van der Waals surface area contributed by atoms with Gasteiger partial charge in [0.05, 0.1) is 17.4 Å². The van der Waals surface area contributed by atoms with Gasteiger partial charge < -0.3 is 9.88 Å². The van der Waals surface area contributed by atoms with Crippen molar-refractivity contribution in [1.29, 1.82) is 0 Å². The lowest BCUT2D eigenvalue weighted by Crippen LogP contribution is -2.28. The number of aromatic nitrogens is 4. The maximum atomic E-state index is 12.3. The van der Waals surface area contributed by atoms with E-state index in [2.05, 4.69) is 20.3 Å². The quantitative estimate of drug-likeness (QED) is 0.551. The van der Waals surface area contributed by atoms with E-state index in [1.165, 1.54) is 11.8 Å². The molecule has 2 aromatic heterocycles. The fourth-order valence-corrected chi connectivity index (χ4v) is 3.05. The summed E-state index contributed by atoms with van der Waals surface area (Å²) in [6.07, 6.45) is 1.79. The number of aryl methyl sites for hydroxylation is 1. The first-order chi connectivity index (χ1) is 11.7. The van der Waals surface area contributed by atoms with Gasteiger partial charge in [-0.05, 0) is 30.9 Å². The molecular formula is C17H19N5OS. The van der Waals surface area contributed by atoms with Gasteiger partial charge in [0.1, 0.15) is 5.69 Å². The largest absolute Gasteiger partial charge is 0.349 e. The van der Waals surface area contributed by atoms with E-state index in [0.29, 0.717) is 23.9 Å². The van der Waals surface area contributed by atoms with Crippen LogP contribution in [0.15, 0.2) is 41.8 Å². The Morgan fingerprint density at radius 3 is 2.96 bits per heavy atom. The van der Waals surface area contributed by atoms with E-state index in [1.54, 1.807) is 12.4 Å². The first-order valence-corrected chi connectivity index (χ1v) is 8.82. The zero-order valence-electron chi connectivity index (χ0n) is 13.7. The van der Waals surface area contributed by atoms with Crippen molar-refractivity contribution >= 4 is 28.7 Å². The zero-order chi connectivity index (χ0) is 16.9. The lowest BCUT2D eigenvalue weighted by atomic mass is 10.3. The molecule has 24 heavy (non-hydrogen) atoms. The summed E-state index contributed by atoms with van der Waals surface area (Å²) in [5.41, 5.74) is 3.23. The van der Waals surface area contributed by atoms with Crippen LogP contribution in [0.1, 0.15) is 23.1 Å². The number of imidazole rings is 1. The van der Waals surface area contributed by atoms with Gasteiger partial charge in [0, 0.05) is 18.8 Å². The van der Waals surface area contributed by atoms with E-state index >= 15 is 0 Å². The van der Waals surface area contributed by atoms with Crippen molar-refractivity contribution in [3.63, 3.8) is 0 Å². The third-order valence-corrected chi connectivity index (χ3v) is 4.23. The van der Waals surface area contributed by atoms with Crippen molar-refractivity contribution < 1.29 is 4.79 Å². The van der Waals surface area contributed by atoms with Crippen LogP contribution in [0, 0.1) is 6.92 Å². The lowest BCUT2D eigenvalue weighted by Gasteiger charge is -2.08. The number of rotatable bonds is 6. The van der Waals surface area contributed by atoms with Crippen molar-refractivity contribution in [1.82, 2.24) is 24.8 Å². The highest BCUT2D eigenvalue weighted by atomic mass is 32.2. The average molecular weight is 341 g/mol. The molecule has 0 unspecified atom stereocenters. The Hall–Kier alpha value is -2.41. The average Bonchev–Trinajstić information content (AvgIpc) is 2.98. The predicted molar refractivity (Wildman–Crippen MR) is 95.2 cm³/mol. The summed E-state index contributed by atoms with van der Waals surface area (Å²) >= 11 is 1.53. The molecule has 0 saturated carbocycles. The van der Waals surface area contributed by atoms with E-state index in [-0.39, 0.29) is 5.91 Å². The Kier molecular flexibility index (Phi) is 5.10. The Labute approximate surface area is 144 Å². The molecule has 0 aliphatic heterocycles. The minimum atomic E-state index is -0.178. The second-order valence-corrected chi connectivity index (χ2v) is 6.52. The van der Waals surface area contributed by atoms with Gasteiger partial charge in [0.25, 0.3) is 5.91 Å². The molecule has 0 spiro atoms. The monoisotopic (exact) mass is 341 g/mol. The number of thioether (sulfide) groups is 1. The summed E-state index contributed by atoms with van der Waals surface area (Å²) in [4.78, 5) is 25.3. The highest BCUT2D eigenvalue weighted by molar-refractivity contribution is 7.99. The van der Waals surface area contributed by atoms with Crippen molar-refractivity contribution in [2.24, 2.45) is 0 Å². The van der Waals surface area contributed by atoms with Crippen LogP contribution < -0.4 is 5.32 Å². The second kappa shape index (κ2) is 7.44. The Morgan fingerprint density at radius 1 is 1.29 bits per heavy atom. The minimum Gasteiger partial charge on any atom is -0.349 e. The smallest absolute Gasteiger partial charge is 0.270 e. The third kappa shape index (κ3) is 3.73. The van der Waals surface area contributed by atoms with Crippen LogP contribution in [-0.4, -0.2) is 37.7 Å². The molecule has 3 rings (SSSR count). The summed E-state index contributed by atoms with van der Waals surface area (Å²) in [6.45, 7) is 5.08. The van der Waals surface area contributed by atoms with E-state index in [4.69, 9.17) is 0 Å². The summed E-state index contributed by atoms with van der Waals surface area (Å²) < 4.78 is 2.03. The molecule has 1 aromatic carbocycles. The fourth-order valence-electron chi connectivity index (χ4n) is 2.42. The van der Waals surface area contributed by atoms with Crippen LogP contribution in [0.4, 0.5) is 0 Å². The Bertz CT molecular complexity index is 861. The molecule has 0 aliphatic rings. The summed E-state index contributed by atoms with van der Waals surface area (Å²) in [5.74, 6) is 0.695. The van der Waals surface area contributed by atoms with Crippen molar-refractivity contribution in [2.75, 3.05) is 12.3 Å². The lowest BCUT2D eigenvalue weighted by molar-refractivity contribution is 0.0946. The van der Waals surface area contributed by atoms with E-state index in [9.17, 15) is 4.79 Å². The molecule has 0 radical (unpaired) electrons. The van der Waals surface area contributed by atoms with E-state index in [0.717, 1.165) is 22.5 Å². The molecule has 6 nitrogen and oxygen atoms in total. The number of benzene rings is 1. The summed E-state index contributed by atoms with van der Waals surface area (Å²) in [6, 6.07) is 9.65. The molecule has 0 bridgehead atoms. The molecule has 1 amide bonds. The molecule has 1 N–H and O–H groups in total. The Balaban J connectivity index is 1.63. The van der Waals surface area contributed by atoms with Crippen LogP contribution in [0.3, 0.4) is 0 Å². The van der Waals surface area contributed by atoms with Gasteiger partial charge in [-0.1, -0.05) is 30.8 Å². The van der Waals surface area contributed by atoms with Gasteiger partial charge >= 0.3 is 0 Å².